The highest BCUT2D eigenvalue weighted by molar-refractivity contribution is 5.40. The first-order chi connectivity index (χ1) is 4.52. The van der Waals surface area contributed by atoms with Crippen LogP contribution in [-0.2, 0) is 5.92 Å². The molecule has 3 nitrogen and oxygen atoms in total. The average Bonchev–Trinajstić information content (AvgIpc) is 2.11. The number of halogens is 2. The van der Waals surface area contributed by atoms with E-state index < -0.39 is 11.7 Å². The summed E-state index contributed by atoms with van der Waals surface area (Å²) in [5.74, 6) is -3.62. The minimum Gasteiger partial charge on any atom is -0.394 e. The van der Waals surface area contributed by atoms with Crippen LogP contribution in [0, 0.1) is 0 Å². The molecule has 0 aliphatic heterocycles. The third-order valence-corrected chi connectivity index (χ3v) is 0.997. The molecular weight excluding hydrogens is 142 g/mol. The molecule has 2 N–H and O–H groups in total. The molecule has 0 fully saturated rings. The van der Waals surface area contributed by atoms with Gasteiger partial charge in [-0.1, -0.05) is 5.16 Å². The van der Waals surface area contributed by atoms with Gasteiger partial charge in [0.1, 0.15) is 5.69 Å². The van der Waals surface area contributed by atoms with Gasteiger partial charge in [0.15, 0.2) is 0 Å². The summed E-state index contributed by atoms with van der Waals surface area (Å²) in [4.78, 5) is 0. The SMILES string of the molecule is CC(F)(F)c1oncc1N. The molecule has 1 aromatic rings. The largest absolute Gasteiger partial charge is 0.394 e. The summed E-state index contributed by atoms with van der Waals surface area (Å²) in [6.45, 7) is 0.698. The molecule has 1 aromatic heterocycles. The minimum atomic E-state index is -3.04. The molecule has 1 rings (SSSR count). The van der Waals surface area contributed by atoms with E-state index >= 15 is 0 Å². The van der Waals surface area contributed by atoms with Crippen LogP contribution in [0.25, 0.3) is 0 Å². The number of nitrogens with two attached hydrogens (primary N) is 1. The highest BCUT2D eigenvalue weighted by Gasteiger charge is 2.31. The highest BCUT2D eigenvalue weighted by Crippen LogP contribution is 2.30. The third-order valence-electron chi connectivity index (χ3n) is 0.997. The lowest BCUT2D eigenvalue weighted by Crippen LogP contribution is -2.07. The molecule has 0 aliphatic carbocycles. The Morgan fingerprint density at radius 3 is 2.50 bits per heavy atom. The zero-order valence-corrected chi connectivity index (χ0v) is 5.27. The van der Waals surface area contributed by atoms with Crippen LogP contribution in [0.2, 0.25) is 0 Å². The maximum absolute atomic E-state index is 12.3. The van der Waals surface area contributed by atoms with Gasteiger partial charge >= 0.3 is 5.92 Å². The number of hydrogen-bond donors (Lipinski definition) is 1. The second-order valence-corrected chi connectivity index (χ2v) is 2.00. The maximum Gasteiger partial charge on any atom is 0.306 e. The van der Waals surface area contributed by atoms with Crippen molar-refractivity contribution in [3.05, 3.63) is 12.0 Å². The first-order valence-corrected chi connectivity index (χ1v) is 2.60. The van der Waals surface area contributed by atoms with Crippen molar-refractivity contribution in [3.8, 4) is 0 Å². The molecule has 0 unspecified atom stereocenters. The Hall–Kier alpha value is -1.13. The fraction of sp³-hybridized carbons (Fsp3) is 0.400. The van der Waals surface area contributed by atoms with Crippen molar-refractivity contribution in [1.29, 1.82) is 0 Å². The second kappa shape index (κ2) is 1.93. The number of rotatable bonds is 1. The summed E-state index contributed by atoms with van der Waals surface area (Å²) in [5, 5.41) is 3.11. The lowest BCUT2D eigenvalue weighted by Gasteiger charge is -2.04. The number of aromatic nitrogens is 1. The van der Waals surface area contributed by atoms with E-state index in [1.165, 1.54) is 0 Å². The van der Waals surface area contributed by atoms with Crippen LogP contribution in [0.3, 0.4) is 0 Å². The van der Waals surface area contributed by atoms with Crippen LogP contribution in [-0.4, -0.2) is 5.16 Å². The van der Waals surface area contributed by atoms with Gasteiger partial charge in [-0.15, -0.1) is 0 Å². The van der Waals surface area contributed by atoms with E-state index in [1.807, 2.05) is 0 Å². The Labute approximate surface area is 55.8 Å². The first-order valence-electron chi connectivity index (χ1n) is 2.60. The normalized spacial score (nSPS) is 11.9. The van der Waals surface area contributed by atoms with Gasteiger partial charge in [0.2, 0.25) is 5.76 Å². The number of hydrogen-bond acceptors (Lipinski definition) is 3. The smallest absolute Gasteiger partial charge is 0.306 e. The van der Waals surface area contributed by atoms with Gasteiger partial charge in [-0.25, -0.2) is 0 Å². The maximum atomic E-state index is 12.3. The summed E-state index contributed by atoms with van der Waals surface area (Å²) in [5.41, 5.74) is 4.97. The first kappa shape index (κ1) is 6.98. The number of nitrogens with zero attached hydrogens (tertiary/aromatic N) is 1. The highest BCUT2D eigenvalue weighted by atomic mass is 19.3. The Morgan fingerprint density at radius 2 is 2.30 bits per heavy atom. The summed E-state index contributed by atoms with van der Waals surface area (Å²) in [6, 6.07) is 0. The van der Waals surface area contributed by atoms with Crippen molar-refractivity contribution in [1.82, 2.24) is 5.16 Å². The van der Waals surface area contributed by atoms with Crippen LogP contribution < -0.4 is 5.73 Å². The minimum absolute atomic E-state index is 0.118. The summed E-state index contributed by atoms with van der Waals surface area (Å²) in [6.07, 6.45) is 1.05. The van der Waals surface area contributed by atoms with Gasteiger partial charge in [0.25, 0.3) is 0 Å². The monoisotopic (exact) mass is 148 g/mol. The van der Waals surface area contributed by atoms with Gasteiger partial charge in [-0.05, 0) is 0 Å². The molecule has 56 valence electrons. The van der Waals surface area contributed by atoms with Gasteiger partial charge < -0.3 is 10.3 Å². The topological polar surface area (TPSA) is 52.0 Å². The predicted octanol–water partition coefficient (Wildman–Crippen LogP) is 1.37. The van der Waals surface area contributed by atoms with Crippen molar-refractivity contribution in [2.24, 2.45) is 0 Å². The van der Waals surface area contributed by atoms with Crippen molar-refractivity contribution >= 4 is 5.69 Å². The lowest BCUT2D eigenvalue weighted by molar-refractivity contribution is -0.00954. The van der Waals surface area contributed by atoms with E-state index in [1.54, 1.807) is 0 Å². The van der Waals surface area contributed by atoms with E-state index in [0.29, 0.717) is 6.92 Å². The Kier molecular flexibility index (Phi) is 1.35. The van der Waals surface area contributed by atoms with Gasteiger partial charge in [0.05, 0.1) is 6.20 Å². The van der Waals surface area contributed by atoms with Gasteiger partial charge in [0, 0.05) is 6.92 Å². The molecule has 0 bridgehead atoms. The van der Waals surface area contributed by atoms with Crippen molar-refractivity contribution in [2.45, 2.75) is 12.8 Å². The van der Waals surface area contributed by atoms with Crippen LogP contribution in [0.15, 0.2) is 10.7 Å². The van der Waals surface area contributed by atoms with Gasteiger partial charge in [-0.2, -0.15) is 8.78 Å². The molecule has 0 radical (unpaired) electrons. The molecular formula is C5H6F2N2O. The quantitative estimate of drug-likeness (QED) is 0.654. The summed E-state index contributed by atoms with van der Waals surface area (Å²) >= 11 is 0. The number of nitrogen functional groups attached to an aromatic ring is 1. The zero-order chi connectivity index (χ0) is 7.78. The molecule has 10 heavy (non-hydrogen) atoms. The standard InChI is InChI=1S/C5H6F2N2O/c1-5(6,7)4-3(8)2-9-10-4/h2H,8H2,1H3. The molecule has 0 saturated heterocycles. The Morgan fingerprint density at radius 1 is 1.70 bits per heavy atom. The Bertz CT molecular complexity index is 228. The fourth-order valence-corrected chi connectivity index (χ4v) is 0.581. The molecule has 0 saturated carbocycles. The van der Waals surface area contributed by atoms with E-state index in [0.717, 1.165) is 6.20 Å². The molecule has 0 atom stereocenters. The van der Waals surface area contributed by atoms with E-state index in [-0.39, 0.29) is 5.69 Å². The molecule has 0 aromatic carbocycles. The number of anilines is 1. The van der Waals surface area contributed by atoms with Crippen molar-refractivity contribution in [3.63, 3.8) is 0 Å². The fourth-order valence-electron chi connectivity index (χ4n) is 0.581. The van der Waals surface area contributed by atoms with E-state index in [4.69, 9.17) is 5.73 Å². The van der Waals surface area contributed by atoms with Crippen molar-refractivity contribution in [2.75, 3.05) is 5.73 Å². The van der Waals surface area contributed by atoms with Crippen LogP contribution in [0.1, 0.15) is 12.7 Å². The average molecular weight is 148 g/mol. The lowest BCUT2D eigenvalue weighted by atomic mass is 10.3. The molecule has 1 heterocycles. The third kappa shape index (κ3) is 1.07. The van der Waals surface area contributed by atoms with Crippen LogP contribution >= 0.6 is 0 Å². The summed E-state index contributed by atoms with van der Waals surface area (Å²) < 4.78 is 28.9. The van der Waals surface area contributed by atoms with Gasteiger partial charge in [-0.3, -0.25) is 0 Å². The van der Waals surface area contributed by atoms with E-state index in [2.05, 4.69) is 9.68 Å². The predicted molar refractivity (Wildman–Crippen MR) is 30.5 cm³/mol. The molecule has 0 amide bonds. The van der Waals surface area contributed by atoms with Crippen molar-refractivity contribution < 1.29 is 13.3 Å². The molecule has 0 spiro atoms. The molecule has 0 aliphatic rings. The van der Waals surface area contributed by atoms with E-state index in [9.17, 15) is 8.78 Å². The second-order valence-electron chi connectivity index (χ2n) is 2.00. The van der Waals surface area contributed by atoms with Crippen LogP contribution in [0.5, 0.6) is 0 Å². The Balaban J connectivity index is 3.05. The summed E-state index contributed by atoms with van der Waals surface area (Å²) in [7, 11) is 0. The number of alkyl halides is 2. The van der Waals surface area contributed by atoms with Crippen LogP contribution in [0.4, 0.5) is 14.5 Å². The zero-order valence-electron chi connectivity index (χ0n) is 5.27. The molecule has 5 heteroatoms.